The number of esters is 1. The van der Waals surface area contributed by atoms with Crippen LogP contribution >= 0.6 is 23.2 Å². The number of benzene rings is 1. The highest BCUT2D eigenvalue weighted by Gasteiger charge is 2.29. The second-order valence-electron chi connectivity index (χ2n) is 3.96. The SMILES string of the molecule is COC(=O)c1cc(N2CC(Cl)CC2=O)ccc1Cl. The molecular formula is C12H11Cl2NO3. The van der Waals surface area contributed by atoms with Gasteiger partial charge >= 0.3 is 5.97 Å². The third-order valence-electron chi connectivity index (χ3n) is 2.74. The van der Waals surface area contributed by atoms with Crippen LogP contribution in [0.15, 0.2) is 18.2 Å². The van der Waals surface area contributed by atoms with E-state index in [1.54, 1.807) is 23.1 Å². The van der Waals surface area contributed by atoms with E-state index in [9.17, 15) is 9.59 Å². The van der Waals surface area contributed by atoms with Gasteiger partial charge < -0.3 is 9.64 Å². The van der Waals surface area contributed by atoms with Crippen LogP contribution in [-0.4, -0.2) is 30.9 Å². The zero-order valence-corrected chi connectivity index (χ0v) is 11.2. The number of hydrogen-bond donors (Lipinski definition) is 0. The Balaban J connectivity index is 2.35. The molecule has 4 nitrogen and oxygen atoms in total. The number of amides is 1. The van der Waals surface area contributed by atoms with Crippen molar-refractivity contribution in [2.75, 3.05) is 18.6 Å². The number of methoxy groups -OCH3 is 1. The molecule has 1 saturated heterocycles. The van der Waals surface area contributed by atoms with Crippen LogP contribution < -0.4 is 4.90 Å². The predicted octanol–water partition coefficient (Wildman–Crippen LogP) is 2.47. The van der Waals surface area contributed by atoms with Gasteiger partial charge in [-0.15, -0.1) is 11.6 Å². The summed E-state index contributed by atoms with van der Waals surface area (Å²) < 4.78 is 4.63. The number of anilines is 1. The third kappa shape index (κ3) is 2.44. The van der Waals surface area contributed by atoms with Crippen molar-refractivity contribution in [3.05, 3.63) is 28.8 Å². The Morgan fingerprint density at radius 3 is 2.78 bits per heavy atom. The van der Waals surface area contributed by atoms with Crippen molar-refractivity contribution in [1.29, 1.82) is 0 Å². The Morgan fingerprint density at radius 2 is 2.22 bits per heavy atom. The summed E-state index contributed by atoms with van der Waals surface area (Å²) >= 11 is 11.8. The first-order valence-electron chi connectivity index (χ1n) is 5.35. The van der Waals surface area contributed by atoms with Gasteiger partial charge in [0.2, 0.25) is 5.91 Å². The van der Waals surface area contributed by atoms with Crippen LogP contribution in [0.3, 0.4) is 0 Å². The van der Waals surface area contributed by atoms with Crippen LogP contribution in [0, 0.1) is 0 Å². The molecule has 0 spiro atoms. The highest BCUT2D eigenvalue weighted by molar-refractivity contribution is 6.33. The first kappa shape index (κ1) is 13.2. The Bertz CT molecular complexity index is 504. The van der Waals surface area contributed by atoms with E-state index < -0.39 is 5.97 Å². The molecule has 18 heavy (non-hydrogen) atoms. The van der Waals surface area contributed by atoms with Crippen LogP contribution in [0.5, 0.6) is 0 Å². The Morgan fingerprint density at radius 1 is 1.50 bits per heavy atom. The molecular weight excluding hydrogens is 277 g/mol. The number of hydrogen-bond acceptors (Lipinski definition) is 3. The van der Waals surface area contributed by atoms with E-state index in [4.69, 9.17) is 23.2 Å². The average Bonchev–Trinajstić information content (AvgIpc) is 2.68. The van der Waals surface area contributed by atoms with Crippen molar-refractivity contribution in [2.45, 2.75) is 11.8 Å². The van der Waals surface area contributed by atoms with Crippen LogP contribution in [0.2, 0.25) is 5.02 Å². The van der Waals surface area contributed by atoms with E-state index in [0.29, 0.717) is 23.7 Å². The Hall–Kier alpha value is -1.26. The molecule has 6 heteroatoms. The number of nitrogens with zero attached hydrogens (tertiary/aromatic N) is 1. The largest absolute Gasteiger partial charge is 0.465 e. The Kier molecular flexibility index (Phi) is 3.78. The maximum absolute atomic E-state index is 11.7. The van der Waals surface area contributed by atoms with Crippen molar-refractivity contribution in [2.24, 2.45) is 0 Å². The van der Waals surface area contributed by atoms with E-state index in [1.807, 2.05) is 0 Å². The molecule has 1 unspecified atom stereocenters. The van der Waals surface area contributed by atoms with Crippen molar-refractivity contribution in [3.8, 4) is 0 Å². The number of alkyl halides is 1. The van der Waals surface area contributed by atoms with E-state index in [1.165, 1.54) is 7.11 Å². The third-order valence-corrected chi connectivity index (χ3v) is 3.37. The summed E-state index contributed by atoms with van der Waals surface area (Å²) in [7, 11) is 1.28. The minimum absolute atomic E-state index is 0.0619. The maximum atomic E-state index is 11.7. The summed E-state index contributed by atoms with van der Waals surface area (Å²) in [6.07, 6.45) is 0.303. The van der Waals surface area contributed by atoms with Gasteiger partial charge in [-0.3, -0.25) is 4.79 Å². The molecule has 2 rings (SSSR count). The summed E-state index contributed by atoms with van der Waals surface area (Å²) in [5.41, 5.74) is 0.843. The molecule has 0 N–H and O–H groups in total. The highest BCUT2D eigenvalue weighted by atomic mass is 35.5. The van der Waals surface area contributed by atoms with Gasteiger partial charge in [0.1, 0.15) is 0 Å². The van der Waals surface area contributed by atoms with Crippen LogP contribution in [0.1, 0.15) is 16.8 Å². The summed E-state index contributed by atoms with van der Waals surface area (Å²) in [5, 5.41) is 0.0921. The monoisotopic (exact) mass is 287 g/mol. The fourth-order valence-corrected chi connectivity index (χ4v) is 2.33. The van der Waals surface area contributed by atoms with Crippen molar-refractivity contribution in [3.63, 3.8) is 0 Å². The molecule has 0 bridgehead atoms. The van der Waals surface area contributed by atoms with E-state index in [-0.39, 0.29) is 16.8 Å². The molecule has 1 atom stereocenters. The van der Waals surface area contributed by atoms with Gasteiger partial charge in [-0.1, -0.05) is 11.6 Å². The van der Waals surface area contributed by atoms with Crippen LogP contribution in [0.4, 0.5) is 5.69 Å². The van der Waals surface area contributed by atoms with E-state index in [2.05, 4.69) is 4.74 Å². The zero-order chi connectivity index (χ0) is 13.3. The van der Waals surface area contributed by atoms with Gasteiger partial charge in [-0.25, -0.2) is 4.79 Å². The molecule has 1 aromatic carbocycles. The molecule has 96 valence electrons. The van der Waals surface area contributed by atoms with Crippen molar-refractivity contribution < 1.29 is 14.3 Å². The molecule has 1 fully saturated rings. The van der Waals surface area contributed by atoms with Crippen molar-refractivity contribution >= 4 is 40.8 Å². The lowest BCUT2D eigenvalue weighted by Crippen LogP contribution is -2.24. The fraction of sp³-hybridized carbons (Fsp3) is 0.333. The average molecular weight is 288 g/mol. The molecule has 1 aliphatic heterocycles. The molecule has 0 aliphatic carbocycles. The number of rotatable bonds is 2. The van der Waals surface area contributed by atoms with Gasteiger partial charge in [0.25, 0.3) is 0 Å². The van der Waals surface area contributed by atoms with Crippen LogP contribution in [-0.2, 0) is 9.53 Å². The number of ether oxygens (including phenoxy) is 1. The molecule has 1 aliphatic rings. The minimum Gasteiger partial charge on any atom is -0.465 e. The standard InChI is InChI=1S/C12H11Cl2NO3/c1-18-12(17)9-5-8(2-3-10(9)14)15-6-7(13)4-11(15)16/h2-3,5,7H,4,6H2,1H3. The second kappa shape index (κ2) is 5.16. The van der Waals surface area contributed by atoms with Gasteiger partial charge in [0.05, 0.1) is 23.1 Å². The Labute approximate surface area is 114 Å². The molecule has 1 amide bonds. The molecule has 0 aromatic heterocycles. The maximum Gasteiger partial charge on any atom is 0.339 e. The first-order valence-corrected chi connectivity index (χ1v) is 6.16. The number of carbonyl (C=O) groups excluding carboxylic acids is 2. The molecule has 0 saturated carbocycles. The second-order valence-corrected chi connectivity index (χ2v) is 4.99. The van der Waals surface area contributed by atoms with Gasteiger partial charge in [-0.05, 0) is 18.2 Å². The lowest BCUT2D eigenvalue weighted by atomic mass is 10.2. The first-order chi connectivity index (χ1) is 8.52. The lowest BCUT2D eigenvalue weighted by molar-refractivity contribution is -0.117. The van der Waals surface area contributed by atoms with Gasteiger partial charge in [-0.2, -0.15) is 0 Å². The topological polar surface area (TPSA) is 46.6 Å². The normalized spacial score (nSPS) is 19.2. The molecule has 0 radical (unpaired) electrons. The lowest BCUT2D eigenvalue weighted by Gasteiger charge is -2.17. The van der Waals surface area contributed by atoms with E-state index in [0.717, 1.165) is 0 Å². The van der Waals surface area contributed by atoms with Gasteiger partial charge in [0.15, 0.2) is 0 Å². The quantitative estimate of drug-likeness (QED) is 0.620. The summed E-state index contributed by atoms with van der Waals surface area (Å²) in [6.45, 7) is 0.433. The fourth-order valence-electron chi connectivity index (χ4n) is 1.86. The minimum atomic E-state index is -0.532. The van der Waals surface area contributed by atoms with E-state index >= 15 is 0 Å². The summed E-state index contributed by atoms with van der Waals surface area (Å²) in [4.78, 5) is 24.8. The summed E-state index contributed by atoms with van der Waals surface area (Å²) in [5.74, 6) is -0.593. The van der Waals surface area contributed by atoms with Gasteiger partial charge in [0, 0.05) is 18.7 Å². The number of halogens is 2. The predicted molar refractivity (Wildman–Crippen MR) is 69.4 cm³/mol. The zero-order valence-electron chi connectivity index (χ0n) is 9.65. The van der Waals surface area contributed by atoms with Crippen molar-refractivity contribution in [1.82, 2.24) is 0 Å². The highest BCUT2D eigenvalue weighted by Crippen LogP contribution is 2.28. The van der Waals surface area contributed by atoms with Crippen LogP contribution in [0.25, 0.3) is 0 Å². The smallest absolute Gasteiger partial charge is 0.339 e. The number of carbonyl (C=O) groups is 2. The molecule has 1 heterocycles. The molecule has 1 aromatic rings. The summed E-state index contributed by atoms with van der Waals surface area (Å²) in [6, 6.07) is 4.79.